The van der Waals surface area contributed by atoms with Crippen LogP contribution in [0.25, 0.3) is 0 Å². The van der Waals surface area contributed by atoms with E-state index in [0.29, 0.717) is 13.0 Å². The van der Waals surface area contributed by atoms with E-state index >= 15 is 0 Å². The van der Waals surface area contributed by atoms with Gasteiger partial charge >= 0.3 is 0 Å². The Morgan fingerprint density at radius 2 is 1.84 bits per heavy atom. The van der Waals surface area contributed by atoms with E-state index in [1.807, 2.05) is 48.5 Å². The van der Waals surface area contributed by atoms with E-state index in [2.05, 4.69) is 20.8 Å². The highest BCUT2D eigenvalue weighted by atomic mass is 16.5. The molecule has 0 bridgehead atoms. The first-order valence-corrected chi connectivity index (χ1v) is 11.0. The molecule has 2 aromatic rings. The fraction of sp³-hybridized carbons (Fsp3) is 0.423. The number of carbonyl (C=O) groups excluding carboxylic acids is 2. The maximum Gasteiger partial charge on any atom is 0.224 e. The predicted octanol–water partition coefficient (Wildman–Crippen LogP) is 5.66. The minimum atomic E-state index is -0.490. The fourth-order valence-electron chi connectivity index (χ4n) is 4.87. The van der Waals surface area contributed by atoms with Crippen LogP contribution in [0.4, 0.5) is 11.4 Å². The van der Waals surface area contributed by atoms with Crippen LogP contribution in [0.3, 0.4) is 0 Å². The Labute approximate surface area is 184 Å². The molecule has 5 nitrogen and oxygen atoms in total. The Morgan fingerprint density at radius 3 is 2.58 bits per heavy atom. The lowest BCUT2D eigenvalue weighted by molar-refractivity contribution is -0.124. The SMILES string of the molecule is CCCOc1ccccc1C1C2C(=O)CC(C)(C)CC2=Nc2ccccc2N1C(C)=O. The smallest absolute Gasteiger partial charge is 0.224 e. The number of anilines is 1. The molecule has 0 aromatic heterocycles. The highest BCUT2D eigenvalue weighted by Gasteiger charge is 2.48. The van der Waals surface area contributed by atoms with Crippen LogP contribution in [0, 0.1) is 11.3 Å². The molecule has 2 aliphatic rings. The lowest BCUT2D eigenvalue weighted by atomic mass is 9.68. The van der Waals surface area contributed by atoms with Gasteiger partial charge in [-0.25, -0.2) is 0 Å². The molecule has 1 heterocycles. The zero-order valence-electron chi connectivity index (χ0n) is 18.7. The quantitative estimate of drug-likeness (QED) is 0.644. The molecule has 2 unspecified atom stereocenters. The molecule has 1 fully saturated rings. The number of fused-ring (bicyclic) bond motifs is 2. The van der Waals surface area contributed by atoms with Crippen molar-refractivity contribution in [3.8, 4) is 5.75 Å². The summed E-state index contributed by atoms with van der Waals surface area (Å²) in [7, 11) is 0. The Hall–Kier alpha value is -2.95. The van der Waals surface area contributed by atoms with E-state index in [9.17, 15) is 9.59 Å². The van der Waals surface area contributed by atoms with Gasteiger partial charge in [-0.2, -0.15) is 0 Å². The summed E-state index contributed by atoms with van der Waals surface area (Å²) in [6.07, 6.45) is 2.06. The average molecular weight is 419 g/mol. The number of rotatable bonds is 4. The molecule has 5 heteroatoms. The van der Waals surface area contributed by atoms with Crippen LogP contribution in [0.1, 0.15) is 58.6 Å². The number of amides is 1. The zero-order valence-corrected chi connectivity index (χ0v) is 18.7. The molecule has 0 saturated heterocycles. The van der Waals surface area contributed by atoms with Gasteiger partial charge in [-0.15, -0.1) is 0 Å². The van der Waals surface area contributed by atoms with Gasteiger partial charge in [0.05, 0.1) is 29.9 Å². The van der Waals surface area contributed by atoms with Crippen LogP contribution in [-0.4, -0.2) is 24.0 Å². The number of nitrogens with zero attached hydrogens (tertiary/aromatic N) is 2. The van der Waals surface area contributed by atoms with Gasteiger partial charge in [0.25, 0.3) is 0 Å². The number of aliphatic imine (C=N–C) groups is 1. The summed E-state index contributed by atoms with van der Waals surface area (Å²) in [5, 5.41) is 0. The second-order valence-corrected chi connectivity index (χ2v) is 9.27. The molecule has 162 valence electrons. The van der Waals surface area contributed by atoms with Gasteiger partial charge in [-0.05, 0) is 36.5 Å². The lowest BCUT2D eigenvalue weighted by Crippen LogP contribution is -2.47. The second kappa shape index (κ2) is 8.29. The predicted molar refractivity (Wildman–Crippen MR) is 123 cm³/mol. The van der Waals surface area contributed by atoms with E-state index < -0.39 is 12.0 Å². The Balaban J connectivity index is 1.96. The van der Waals surface area contributed by atoms with E-state index in [-0.39, 0.29) is 17.1 Å². The van der Waals surface area contributed by atoms with Crippen LogP contribution < -0.4 is 9.64 Å². The van der Waals surface area contributed by atoms with Crippen molar-refractivity contribution >= 4 is 28.8 Å². The van der Waals surface area contributed by atoms with Crippen molar-refractivity contribution in [1.82, 2.24) is 0 Å². The van der Waals surface area contributed by atoms with E-state index in [0.717, 1.165) is 41.2 Å². The molecule has 1 aliphatic heterocycles. The first-order valence-electron chi connectivity index (χ1n) is 11.0. The van der Waals surface area contributed by atoms with Gasteiger partial charge in [0, 0.05) is 24.6 Å². The minimum absolute atomic E-state index is 0.114. The van der Waals surface area contributed by atoms with Crippen molar-refractivity contribution < 1.29 is 14.3 Å². The molecular formula is C26H30N2O3. The van der Waals surface area contributed by atoms with Gasteiger partial charge in [0.15, 0.2) is 0 Å². The molecule has 0 N–H and O–H groups in total. The maximum absolute atomic E-state index is 13.6. The second-order valence-electron chi connectivity index (χ2n) is 9.27. The van der Waals surface area contributed by atoms with Crippen molar-refractivity contribution in [2.24, 2.45) is 16.3 Å². The highest BCUT2D eigenvalue weighted by Crippen LogP contribution is 2.49. The number of hydrogen-bond acceptors (Lipinski definition) is 4. The number of carbonyl (C=O) groups is 2. The molecule has 0 spiro atoms. The highest BCUT2D eigenvalue weighted by molar-refractivity contribution is 6.12. The van der Waals surface area contributed by atoms with E-state index in [4.69, 9.17) is 9.73 Å². The molecule has 1 amide bonds. The van der Waals surface area contributed by atoms with Gasteiger partial charge in [0.2, 0.25) is 5.91 Å². The standard InChI is InChI=1S/C26H30N2O3/c1-5-14-31-23-13-9-6-10-18(23)25-24-20(15-26(3,4)16-22(24)30)27-19-11-7-8-12-21(19)28(25)17(2)29/h6-13,24-25H,5,14-16H2,1-4H3. The third-order valence-electron chi connectivity index (χ3n) is 6.06. The number of ether oxygens (including phenoxy) is 1. The molecule has 4 rings (SSSR count). The van der Waals surface area contributed by atoms with Crippen LogP contribution in [0.2, 0.25) is 0 Å². The van der Waals surface area contributed by atoms with Crippen molar-refractivity contribution in [1.29, 1.82) is 0 Å². The van der Waals surface area contributed by atoms with Crippen molar-refractivity contribution in [3.63, 3.8) is 0 Å². The number of hydrogen-bond donors (Lipinski definition) is 0. The number of para-hydroxylation sites is 3. The largest absolute Gasteiger partial charge is 0.493 e. The van der Waals surface area contributed by atoms with Crippen molar-refractivity contribution in [2.45, 2.75) is 53.0 Å². The topological polar surface area (TPSA) is 59.0 Å². The molecule has 1 saturated carbocycles. The van der Waals surface area contributed by atoms with Gasteiger partial charge in [-0.3, -0.25) is 14.6 Å². The minimum Gasteiger partial charge on any atom is -0.493 e. The van der Waals surface area contributed by atoms with Crippen LogP contribution >= 0.6 is 0 Å². The Morgan fingerprint density at radius 1 is 1.13 bits per heavy atom. The number of Topliss-reactive ketones (excluding diaryl/α,β-unsaturated/α-hetero) is 1. The van der Waals surface area contributed by atoms with Gasteiger partial charge in [-0.1, -0.05) is 51.1 Å². The molecule has 2 atom stereocenters. The molecule has 0 radical (unpaired) electrons. The summed E-state index contributed by atoms with van der Waals surface area (Å²) in [5.74, 6) is 0.244. The van der Waals surface area contributed by atoms with Crippen LogP contribution in [0.15, 0.2) is 53.5 Å². The summed E-state index contributed by atoms with van der Waals surface area (Å²) in [6.45, 7) is 8.41. The number of benzene rings is 2. The van der Waals surface area contributed by atoms with Crippen molar-refractivity contribution in [2.75, 3.05) is 11.5 Å². The van der Waals surface area contributed by atoms with Gasteiger partial charge in [0.1, 0.15) is 11.5 Å². The summed E-state index contributed by atoms with van der Waals surface area (Å²) in [6, 6.07) is 14.9. The maximum atomic E-state index is 13.6. The third kappa shape index (κ3) is 4.01. The zero-order chi connectivity index (χ0) is 22.2. The van der Waals surface area contributed by atoms with E-state index in [1.54, 1.807) is 11.8 Å². The Kier molecular flexibility index (Phi) is 5.69. The molecule has 2 aromatic carbocycles. The Bertz CT molecular complexity index is 1040. The molecular weight excluding hydrogens is 388 g/mol. The number of ketones is 1. The summed E-state index contributed by atoms with van der Waals surface area (Å²) < 4.78 is 6.06. The fourth-order valence-corrected chi connectivity index (χ4v) is 4.87. The summed E-state index contributed by atoms with van der Waals surface area (Å²) >= 11 is 0. The molecule has 1 aliphatic carbocycles. The van der Waals surface area contributed by atoms with Crippen LogP contribution in [0.5, 0.6) is 5.75 Å². The third-order valence-corrected chi connectivity index (χ3v) is 6.06. The average Bonchev–Trinajstić information content (AvgIpc) is 2.85. The summed E-state index contributed by atoms with van der Waals surface area (Å²) in [5.41, 5.74) is 3.02. The van der Waals surface area contributed by atoms with Crippen molar-refractivity contribution in [3.05, 3.63) is 54.1 Å². The summed E-state index contributed by atoms with van der Waals surface area (Å²) in [4.78, 5) is 33.3. The van der Waals surface area contributed by atoms with Crippen LogP contribution in [-0.2, 0) is 9.59 Å². The van der Waals surface area contributed by atoms with E-state index in [1.165, 1.54) is 0 Å². The lowest BCUT2D eigenvalue weighted by Gasteiger charge is -2.41. The molecule has 31 heavy (non-hydrogen) atoms. The first-order chi connectivity index (χ1) is 14.8. The monoisotopic (exact) mass is 418 g/mol. The van der Waals surface area contributed by atoms with Gasteiger partial charge < -0.3 is 9.64 Å². The first kappa shape index (κ1) is 21.3. The normalized spacial score (nSPS) is 22.1.